The van der Waals surface area contributed by atoms with E-state index in [0.29, 0.717) is 12.2 Å². The van der Waals surface area contributed by atoms with Crippen molar-refractivity contribution in [3.63, 3.8) is 0 Å². The van der Waals surface area contributed by atoms with Gasteiger partial charge < -0.3 is 5.32 Å². The number of nitrogens with two attached hydrogens (primary N) is 1. The molecule has 0 radical (unpaired) electrons. The number of pyridine rings is 1. The van der Waals surface area contributed by atoms with E-state index >= 15 is 0 Å². The summed E-state index contributed by atoms with van der Waals surface area (Å²) in [6.45, 7) is 2.61. The minimum absolute atomic E-state index is 0.0194. The molecular formula is C7H11N3O2S. The smallest absolute Gasteiger partial charge is 0.239 e. The van der Waals surface area contributed by atoms with Crippen LogP contribution in [0.15, 0.2) is 23.4 Å². The second-order valence-corrected chi connectivity index (χ2v) is 4.05. The highest BCUT2D eigenvalue weighted by Crippen LogP contribution is 2.11. The Hall–Kier alpha value is -1.14. The first-order valence-corrected chi connectivity index (χ1v) is 5.30. The average molecular weight is 201 g/mol. The van der Waals surface area contributed by atoms with Crippen molar-refractivity contribution >= 4 is 15.7 Å². The van der Waals surface area contributed by atoms with E-state index in [-0.39, 0.29) is 4.90 Å². The zero-order valence-corrected chi connectivity index (χ0v) is 8.00. The van der Waals surface area contributed by atoms with Crippen molar-refractivity contribution in [3.8, 4) is 0 Å². The van der Waals surface area contributed by atoms with E-state index in [0.717, 1.165) is 0 Å². The summed E-state index contributed by atoms with van der Waals surface area (Å²) in [5, 5.41) is 7.86. The number of nitrogens with one attached hydrogen (secondary N) is 1. The minimum atomic E-state index is -3.65. The van der Waals surface area contributed by atoms with Crippen molar-refractivity contribution in [1.29, 1.82) is 0 Å². The number of nitrogens with zero attached hydrogens (tertiary/aromatic N) is 1. The van der Waals surface area contributed by atoms with Gasteiger partial charge in [0.25, 0.3) is 0 Å². The molecule has 1 heterocycles. The van der Waals surface area contributed by atoms with Crippen molar-refractivity contribution in [3.05, 3.63) is 18.5 Å². The van der Waals surface area contributed by atoms with Crippen LogP contribution in [0.4, 0.5) is 5.69 Å². The Morgan fingerprint density at radius 1 is 1.54 bits per heavy atom. The molecule has 0 amide bonds. The Bertz CT molecular complexity index is 388. The van der Waals surface area contributed by atoms with E-state index in [1.54, 1.807) is 0 Å². The molecule has 0 fully saturated rings. The quantitative estimate of drug-likeness (QED) is 0.729. The Labute approximate surface area is 77.0 Å². The number of rotatable bonds is 3. The predicted molar refractivity (Wildman–Crippen MR) is 49.8 cm³/mol. The summed E-state index contributed by atoms with van der Waals surface area (Å²) in [6.07, 6.45) is 2.76. The van der Waals surface area contributed by atoms with Crippen LogP contribution in [0, 0.1) is 0 Å². The number of aromatic nitrogens is 1. The van der Waals surface area contributed by atoms with E-state index in [2.05, 4.69) is 10.3 Å². The van der Waals surface area contributed by atoms with Gasteiger partial charge in [-0.3, -0.25) is 4.98 Å². The third kappa shape index (κ3) is 2.67. The van der Waals surface area contributed by atoms with E-state index in [4.69, 9.17) is 5.14 Å². The maximum absolute atomic E-state index is 10.9. The molecule has 1 rings (SSSR count). The first-order valence-electron chi connectivity index (χ1n) is 3.75. The Morgan fingerprint density at radius 2 is 2.23 bits per heavy atom. The number of anilines is 1. The van der Waals surface area contributed by atoms with Crippen LogP contribution in [0.1, 0.15) is 6.92 Å². The Balaban J connectivity index is 3.06. The lowest BCUT2D eigenvalue weighted by Gasteiger charge is -2.03. The topological polar surface area (TPSA) is 85.1 Å². The largest absolute Gasteiger partial charge is 0.384 e. The van der Waals surface area contributed by atoms with Crippen LogP contribution in [0.2, 0.25) is 0 Å². The van der Waals surface area contributed by atoms with Crippen LogP contribution >= 0.6 is 0 Å². The number of hydrogen-bond donors (Lipinski definition) is 2. The summed E-state index contributed by atoms with van der Waals surface area (Å²) in [6, 6.07) is 1.45. The predicted octanol–water partition coefficient (Wildman–Crippen LogP) is 0.161. The average Bonchev–Trinajstić information content (AvgIpc) is 2.04. The molecule has 0 spiro atoms. The third-order valence-corrected chi connectivity index (χ3v) is 2.30. The molecule has 1 aromatic heterocycles. The zero-order chi connectivity index (χ0) is 9.90. The van der Waals surface area contributed by atoms with Crippen molar-refractivity contribution in [2.45, 2.75) is 11.8 Å². The molecule has 72 valence electrons. The highest BCUT2D eigenvalue weighted by atomic mass is 32.2. The third-order valence-electron chi connectivity index (χ3n) is 1.42. The fourth-order valence-corrected chi connectivity index (χ4v) is 1.37. The molecule has 0 saturated carbocycles. The SMILES string of the molecule is CCNc1cncc(S(N)(=O)=O)c1. The second kappa shape index (κ2) is 3.71. The maximum atomic E-state index is 10.9. The second-order valence-electron chi connectivity index (χ2n) is 2.48. The summed E-state index contributed by atoms with van der Waals surface area (Å²) in [5.41, 5.74) is 0.647. The van der Waals surface area contributed by atoms with Gasteiger partial charge in [0, 0.05) is 12.7 Å². The minimum Gasteiger partial charge on any atom is -0.384 e. The molecule has 0 aromatic carbocycles. The zero-order valence-electron chi connectivity index (χ0n) is 7.19. The molecule has 0 bridgehead atoms. The molecule has 5 nitrogen and oxygen atoms in total. The fourth-order valence-electron chi connectivity index (χ4n) is 0.875. The highest BCUT2D eigenvalue weighted by molar-refractivity contribution is 7.89. The molecular weight excluding hydrogens is 190 g/mol. The lowest BCUT2D eigenvalue weighted by Crippen LogP contribution is -2.12. The lowest BCUT2D eigenvalue weighted by molar-refractivity contribution is 0.597. The van der Waals surface area contributed by atoms with Gasteiger partial charge in [-0.15, -0.1) is 0 Å². The number of sulfonamides is 1. The van der Waals surface area contributed by atoms with Crippen LogP contribution in [0.5, 0.6) is 0 Å². The molecule has 13 heavy (non-hydrogen) atoms. The summed E-state index contributed by atoms with van der Waals surface area (Å²) in [4.78, 5) is 3.77. The van der Waals surface area contributed by atoms with Crippen molar-refractivity contribution in [2.75, 3.05) is 11.9 Å². The molecule has 0 saturated heterocycles. The number of hydrogen-bond acceptors (Lipinski definition) is 4. The summed E-state index contributed by atoms with van der Waals surface area (Å²) < 4.78 is 21.8. The molecule has 0 unspecified atom stereocenters. The molecule has 0 aliphatic heterocycles. The van der Waals surface area contributed by atoms with Gasteiger partial charge in [0.2, 0.25) is 10.0 Å². The summed E-state index contributed by atoms with van der Waals surface area (Å²) >= 11 is 0. The van der Waals surface area contributed by atoms with Crippen molar-refractivity contribution < 1.29 is 8.42 Å². The normalized spacial score (nSPS) is 11.2. The molecule has 0 atom stereocenters. The van der Waals surface area contributed by atoms with Crippen molar-refractivity contribution in [2.24, 2.45) is 5.14 Å². The van der Waals surface area contributed by atoms with Gasteiger partial charge in [-0.25, -0.2) is 13.6 Å². The van der Waals surface area contributed by atoms with Gasteiger partial charge in [0.1, 0.15) is 4.90 Å². The van der Waals surface area contributed by atoms with E-state index < -0.39 is 10.0 Å². The summed E-state index contributed by atoms with van der Waals surface area (Å²) in [5.74, 6) is 0. The number of primary sulfonamides is 1. The monoisotopic (exact) mass is 201 g/mol. The molecule has 3 N–H and O–H groups in total. The van der Waals surface area contributed by atoms with Crippen LogP contribution < -0.4 is 10.5 Å². The highest BCUT2D eigenvalue weighted by Gasteiger charge is 2.07. The van der Waals surface area contributed by atoms with Gasteiger partial charge >= 0.3 is 0 Å². The Morgan fingerprint density at radius 3 is 2.77 bits per heavy atom. The van der Waals surface area contributed by atoms with E-state index in [9.17, 15) is 8.42 Å². The van der Waals surface area contributed by atoms with Gasteiger partial charge in [-0.2, -0.15) is 0 Å². The van der Waals surface area contributed by atoms with E-state index in [1.165, 1.54) is 18.5 Å². The standard InChI is InChI=1S/C7H11N3O2S/c1-2-10-6-3-7(5-9-4-6)13(8,11)12/h3-5,10H,2H2,1H3,(H2,8,11,12). The molecule has 0 aliphatic carbocycles. The van der Waals surface area contributed by atoms with Crippen LogP contribution in [0.3, 0.4) is 0 Å². The maximum Gasteiger partial charge on any atom is 0.239 e. The summed E-state index contributed by atoms with van der Waals surface area (Å²) in [7, 11) is -3.65. The van der Waals surface area contributed by atoms with Gasteiger partial charge in [-0.05, 0) is 13.0 Å². The van der Waals surface area contributed by atoms with E-state index in [1.807, 2.05) is 6.92 Å². The lowest BCUT2D eigenvalue weighted by atomic mass is 10.4. The van der Waals surface area contributed by atoms with Crippen LogP contribution in [-0.2, 0) is 10.0 Å². The van der Waals surface area contributed by atoms with Gasteiger partial charge in [0.15, 0.2) is 0 Å². The molecule has 6 heteroatoms. The first kappa shape index (κ1) is 9.94. The first-order chi connectivity index (χ1) is 6.04. The fraction of sp³-hybridized carbons (Fsp3) is 0.286. The van der Waals surface area contributed by atoms with Gasteiger partial charge in [-0.1, -0.05) is 0 Å². The van der Waals surface area contributed by atoms with Crippen molar-refractivity contribution in [1.82, 2.24) is 4.98 Å². The molecule has 0 aliphatic rings. The van der Waals surface area contributed by atoms with Crippen LogP contribution in [0.25, 0.3) is 0 Å². The Kier molecular flexibility index (Phi) is 2.84. The molecule has 1 aromatic rings. The van der Waals surface area contributed by atoms with Crippen LogP contribution in [-0.4, -0.2) is 19.9 Å². The van der Waals surface area contributed by atoms with Gasteiger partial charge in [0.05, 0.1) is 11.9 Å².